The van der Waals surface area contributed by atoms with Crippen molar-refractivity contribution in [1.29, 1.82) is 0 Å². The second-order valence-corrected chi connectivity index (χ2v) is 6.86. The second kappa shape index (κ2) is 10.1. The molecule has 1 unspecified atom stereocenters. The van der Waals surface area contributed by atoms with Crippen LogP contribution >= 0.6 is 0 Å². The fourth-order valence-corrected chi connectivity index (χ4v) is 3.32. The fourth-order valence-electron chi connectivity index (χ4n) is 3.32. The molecule has 10 heteroatoms. The highest BCUT2D eigenvalue weighted by Crippen LogP contribution is 2.28. The van der Waals surface area contributed by atoms with E-state index in [-0.39, 0.29) is 24.5 Å². The van der Waals surface area contributed by atoms with Crippen LogP contribution < -0.4 is 15.4 Å². The molecular weight excluding hydrogens is 412 g/mol. The van der Waals surface area contributed by atoms with Crippen LogP contribution in [0.1, 0.15) is 24.3 Å². The van der Waals surface area contributed by atoms with E-state index in [1.807, 2.05) is 4.90 Å². The van der Waals surface area contributed by atoms with Gasteiger partial charge < -0.3 is 24.5 Å². The summed E-state index contributed by atoms with van der Waals surface area (Å²) in [5, 5.41) is 5.35. The minimum absolute atomic E-state index is 0.0559. The van der Waals surface area contributed by atoms with E-state index in [1.54, 1.807) is 38.2 Å². The van der Waals surface area contributed by atoms with E-state index in [4.69, 9.17) is 9.15 Å². The molecule has 0 spiro atoms. The van der Waals surface area contributed by atoms with E-state index >= 15 is 0 Å². The number of ether oxygens (including phenoxy) is 2. The van der Waals surface area contributed by atoms with Gasteiger partial charge in [-0.15, -0.1) is 0 Å². The summed E-state index contributed by atoms with van der Waals surface area (Å²) in [5.74, 6) is -0.123. The maximum atomic E-state index is 12.7. The van der Waals surface area contributed by atoms with Gasteiger partial charge in [0.25, 0.3) is 0 Å². The minimum Gasteiger partial charge on any atom is -0.467 e. The highest BCUT2D eigenvalue weighted by molar-refractivity contribution is 5.95. The summed E-state index contributed by atoms with van der Waals surface area (Å²) >= 11 is 0. The van der Waals surface area contributed by atoms with Crippen molar-refractivity contribution in [2.45, 2.75) is 26.1 Å². The molecule has 2 heterocycles. The number of benzene rings is 1. The summed E-state index contributed by atoms with van der Waals surface area (Å²) in [5.41, 5.74) is 1.32. The normalized spacial score (nSPS) is 16.3. The zero-order valence-electron chi connectivity index (χ0n) is 17.1. The predicted molar refractivity (Wildman–Crippen MR) is 106 cm³/mol. The van der Waals surface area contributed by atoms with Crippen molar-refractivity contribution >= 4 is 12.0 Å². The lowest BCUT2D eigenvalue weighted by molar-refractivity contribution is -0.139. The molecule has 8 nitrogen and oxygen atoms in total. The molecule has 1 aromatic carbocycles. The summed E-state index contributed by atoms with van der Waals surface area (Å²) in [4.78, 5) is 26.7. The van der Waals surface area contributed by atoms with Gasteiger partial charge in [0.2, 0.25) is 0 Å². The number of hydrogen-bond donors (Lipinski definition) is 2. The van der Waals surface area contributed by atoms with Crippen LogP contribution in [0.15, 0.2) is 58.3 Å². The van der Waals surface area contributed by atoms with Crippen LogP contribution in [-0.4, -0.2) is 43.7 Å². The topological polar surface area (TPSA) is 93.0 Å². The van der Waals surface area contributed by atoms with Crippen molar-refractivity contribution in [3.05, 3.63) is 65.3 Å². The third-order valence-electron chi connectivity index (χ3n) is 4.48. The summed E-state index contributed by atoms with van der Waals surface area (Å²) in [7, 11) is 1.77. The Morgan fingerprint density at radius 3 is 2.74 bits per heavy atom. The monoisotopic (exact) mass is 435 g/mol. The van der Waals surface area contributed by atoms with Crippen LogP contribution in [0.5, 0.6) is 5.75 Å². The summed E-state index contributed by atoms with van der Waals surface area (Å²) in [6.07, 6.45) is 1.45. The highest BCUT2D eigenvalue weighted by atomic mass is 19.3. The number of carbonyl (C=O) groups is 2. The maximum Gasteiger partial charge on any atom is 0.387 e. The maximum absolute atomic E-state index is 12.7. The number of alkyl halides is 2. The SMILES string of the molecule is CCOC(=O)C1=C(CN(C)Cc2cccc(OC(F)F)c2)NC(=O)NC1c1ccco1. The molecule has 166 valence electrons. The molecule has 0 aliphatic carbocycles. The molecule has 0 bridgehead atoms. The Bertz CT molecular complexity index is 946. The Morgan fingerprint density at radius 1 is 1.26 bits per heavy atom. The number of esters is 1. The molecule has 0 radical (unpaired) electrons. The first-order chi connectivity index (χ1) is 14.9. The van der Waals surface area contributed by atoms with Gasteiger partial charge in [-0.25, -0.2) is 9.59 Å². The standard InChI is InChI=1S/C21H23F2N3O5/c1-3-29-19(27)17-15(24-21(28)25-18(17)16-8-5-9-30-16)12-26(2)11-13-6-4-7-14(10-13)31-20(22)23/h4-10,18,20H,3,11-12H2,1-2H3,(H2,24,25,28). The summed E-state index contributed by atoms with van der Waals surface area (Å²) in [6, 6.07) is 8.37. The molecule has 1 aliphatic heterocycles. The molecule has 1 aromatic heterocycles. The number of amides is 2. The van der Waals surface area contributed by atoms with E-state index in [2.05, 4.69) is 15.4 Å². The van der Waals surface area contributed by atoms with E-state index in [9.17, 15) is 18.4 Å². The third kappa shape index (κ3) is 5.82. The van der Waals surface area contributed by atoms with Gasteiger partial charge in [-0.2, -0.15) is 8.78 Å². The average Bonchev–Trinajstić information content (AvgIpc) is 3.22. The van der Waals surface area contributed by atoms with Crippen molar-refractivity contribution in [1.82, 2.24) is 15.5 Å². The molecule has 31 heavy (non-hydrogen) atoms. The van der Waals surface area contributed by atoms with Gasteiger partial charge in [-0.05, 0) is 43.8 Å². The van der Waals surface area contributed by atoms with Crippen LogP contribution in [0.25, 0.3) is 0 Å². The second-order valence-electron chi connectivity index (χ2n) is 6.86. The molecule has 1 atom stereocenters. The zero-order chi connectivity index (χ0) is 22.4. The quantitative estimate of drug-likeness (QED) is 0.588. The van der Waals surface area contributed by atoms with Gasteiger partial charge in [0.1, 0.15) is 17.6 Å². The van der Waals surface area contributed by atoms with E-state index in [1.165, 1.54) is 18.4 Å². The summed E-state index contributed by atoms with van der Waals surface area (Å²) < 4.78 is 39.9. The Balaban J connectivity index is 1.84. The van der Waals surface area contributed by atoms with Crippen LogP contribution in [0, 0.1) is 0 Å². The van der Waals surface area contributed by atoms with E-state index in [0.717, 1.165) is 5.56 Å². The predicted octanol–water partition coefficient (Wildman–Crippen LogP) is 3.18. The minimum atomic E-state index is -2.91. The van der Waals surface area contributed by atoms with Crippen LogP contribution in [0.2, 0.25) is 0 Å². The Hall–Kier alpha value is -3.40. The van der Waals surface area contributed by atoms with Gasteiger partial charge in [0.15, 0.2) is 0 Å². The number of halogens is 2. The number of rotatable bonds is 9. The van der Waals surface area contributed by atoms with Gasteiger partial charge in [-0.3, -0.25) is 4.90 Å². The number of nitrogens with one attached hydrogen (secondary N) is 2. The van der Waals surface area contributed by atoms with Gasteiger partial charge in [0, 0.05) is 18.8 Å². The first-order valence-corrected chi connectivity index (χ1v) is 9.60. The van der Waals surface area contributed by atoms with Crippen molar-refractivity contribution in [2.75, 3.05) is 20.2 Å². The molecule has 2 amide bonds. The molecule has 2 aromatic rings. The lowest BCUT2D eigenvalue weighted by atomic mass is 10.00. The molecular formula is C21H23F2N3O5. The lowest BCUT2D eigenvalue weighted by Crippen LogP contribution is -2.48. The van der Waals surface area contributed by atoms with Crippen molar-refractivity contribution in [3.63, 3.8) is 0 Å². The van der Waals surface area contributed by atoms with E-state index in [0.29, 0.717) is 18.0 Å². The number of likely N-dealkylation sites (N-methyl/N-ethyl adjacent to an activating group) is 1. The van der Waals surface area contributed by atoms with Crippen molar-refractivity contribution in [2.24, 2.45) is 0 Å². The van der Waals surface area contributed by atoms with Crippen molar-refractivity contribution in [3.8, 4) is 5.75 Å². The molecule has 3 rings (SSSR count). The summed E-state index contributed by atoms with van der Waals surface area (Å²) in [6.45, 7) is -0.502. The van der Waals surface area contributed by atoms with Crippen LogP contribution in [-0.2, 0) is 16.1 Å². The fraction of sp³-hybridized carbons (Fsp3) is 0.333. The molecule has 0 fully saturated rings. The average molecular weight is 435 g/mol. The highest BCUT2D eigenvalue weighted by Gasteiger charge is 2.35. The molecule has 2 N–H and O–H groups in total. The van der Waals surface area contributed by atoms with Crippen LogP contribution in [0.3, 0.4) is 0 Å². The Kier molecular flexibility index (Phi) is 7.24. The molecule has 0 saturated carbocycles. The smallest absolute Gasteiger partial charge is 0.387 e. The van der Waals surface area contributed by atoms with Gasteiger partial charge >= 0.3 is 18.6 Å². The first kappa shape index (κ1) is 22.3. The number of nitrogens with zero attached hydrogens (tertiary/aromatic N) is 1. The lowest BCUT2D eigenvalue weighted by Gasteiger charge is -2.30. The molecule has 1 aliphatic rings. The number of furan rings is 1. The van der Waals surface area contributed by atoms with Gasteiger partial charge in [-0.1, -0.05) is 12.1 Å². The third-order valence-corrected chi connectivity index (χ3v) is 4.48. The molecule has 0 saturated heterocycles. The van der Waals surface area contributed by atoms with E-state index < -0.39 is 24.7 Å². The number of carbonyl (C=O) groups excluding carboxylic acids is 2. The van der Waals surface area contributed by atoms with Crippen LogP contribution in [0.4, 0.5) is 13.6 Å². The number of urea groups is 1. The van der Waals surface area contributed by atoms with Gasteiger partial charge in [0.05, 0.1) is 18.4 Å². The van der Waals surface area contributed by atoms with Crippen molar-refractivity contribution < 1.29 is 32.3 Å². The Labute approximate surface area is 177 Å². The number of hydrogen-bond acceptors (Lipinski definition) is 6. The zero-order valence-corrected chi connectivity index (χ0v) is 17.1. The largest absolute Gasteiger partial charge is 0.467 e. The Morgan fingerprint density at radius 2 is 2.06 bits per heavy atom. The first-order valence-electron chi connectivity index (χ1n) is 9.60.